The third-order valence-electron chi connectivity index (χ3n) is 5.46. The van der Waals surface area contributed by atoms with Crippen molar-refractivity contribution in [3.05, 3.63) is 78.4 Å². The molecule has 0 radical (unpaired) electrons. The average molecular weight is 443 g/mol. The van der Waals surface area contributed by atoms with E-state index in [-0.39, 0.29) is 18.5 Å². The summed E-state index contributed by atoms with van der Waals surface area (Å²) >= 11 is 1.66. The minimum absolute atomic E-state index is 0.0289. The molecule has 5 rings (SSSR count). The second-order valence-corrected chi connectivity index (χ2v) is 8.84. The minimum atomic E-state index is -0.212. The highest BCUT2D eigenvalue weighted by Gasteiger charge is 2.30. The summed E-state index contributed by atoms with van der Waals surface area (Å²) in [6.07, 6.45) is 0. The summed E-state index contributed by atoms with van der Waals surface area (Å²) in [6.45, 7) is 3.20. The molecule has 2 heterocycles. The molecule has 32 heavy (non-hydrogen) atoms. The van der Waals surface area contributed by atoms with E-state index in [1.165, 1.54) is 5.56 Å². The van der Waals surface area contributed by atoms with Crippen LogP contribution in [0.1, 0.15) is 5.56 Å². The maximum atomic E-state index is 12.7. The predicted molar refractivity (Wildman–Crippen MR) is 129 cm³/mol. The number of carbonyl (C=O) groups is 2. The fraction of sp³-hybridized carbons (Fsp3) is 0.160. The van der Waals surface area contributed by atoms with Gasteiger partial charge in [0.15, 0.2) is 0 Å². The van der Waals surface area contributed by atoms with E-state index in [4.69, 9.17) is 4.98 Å². The number of urea groups is 1. The predicted octanol–water partition coefficient (Wildman–Crippen LogP) is 5.15. The Morgan fingerprint density at radius 1 is 1.03 bits per heavy atom. The molecular formula is C25H22N4O2S. The van der Waals surface area contributed by atoms with Crippen LogP contribution in [-0.2, 0) is 4.79 Å². The maximum absolute atomic E-state index is 12.7. The molecule has 0 saturated carbocycles. The van der Waals surface area contributed by atoms with E-state index in [0.29, 0.717) is 18.8 Å². The van der Waals surface area contributed by atoms with Gasteiger partial charge in [0.25, 0.3) is 0 Å². The van der Waals surface area contributed by atoms with Gasteiger partial charge in [-0.3, -0.25) is 9.69 Å². The summed E-state index contributed by atoms with van der Waals surface area (Å²) < 4.78 is 1.16. The molecule has 4 aromatic rings. The van der Waals surface area contributed by atoms with Crippen molar-refractivity contribution < 1.29 is 9.59 Å². The third-order valence-corrected chi connectivity index (χ3v) is 6.52. The first-order chi connectivity index (χ1) is 15.6. The van der Waals surface area contributed by atoms with Gasteiger partial charge in [0.1, 0.15) is 11.6 Å². The molecule has 0 bridgehead atoms. The van der Waals surface area contributed by atoms with Gasteiger partial charge >= 0.3 is 6.03 Å². The first kappa shape index (κ1) is 20.2. The Morgan fingerprint density at radius 2 is 1.81 bits per heavy atom. The molecule has 160 valence electrons. The van der Waals surface area contributed by atoms with Gasteiger partial charge in [-0.1, -0.05) is 24.3 Å². The van der Waals surface area contributed by atoms with E-state index in [1.807, 2.05) is 60.7 Å². The molecule has 0 unspecified atom stereocenters. The molecule has 0 atom stereocenters. The summed E-state index contributed by atoms with van der Waals surface area (Å²) in [6, 6.07) is 23.3. The molecule has 7 heteroatoms. The number of rotatable bonds is 5. The van der Waals surface area contributed by atoms with E-state index in [0.717, 1.165) is 26.5 Å². The van der Waals surface area contributed by atoms with Crippen molar-refractivity contribution in [3.63, 3.8) is 0 Å². The number of hydrogen-bond donors (Lipinski definition) is 1. The van der Waals surface area contributed by atoms with E-state index in [9.17, 15) is 9.59 Å². The average Bonchev–Trinajstić information content (AvgIpc) is 3.38. The number of carbonyl (C=O) groups excluding carboxylic acids is 2. The number of aromatic nitrogens is 1. The highest BCUT2D eigenvalue weighted by Crippen LogP contribution is 2.31. The Hall–Kier alpha value is -3.71. The van der Waals surface area contributed by atoms with Crippen molar-refractivity contribution in [3.8, 4) is 10.6 Å². The summed E-state index contributed by atoms with van der Waals surface area (Å²) in [4.78, 5) is 33.2. The second-order valence-electron chi connectivity index (χ2n) is 7.81. The van der Waals surface area contributed by atoms with E-state index < -0.39 is 0 Å². The van der Waals surface area contributed by atoms with Gasteiger partial charge in [-0.05, 0) is 61.0 Å². The van der Waals surface area contributed by atoms with Gasteiger partial charge in [0, 0.05) is 30.0 Å². The van der Waals surface area contributed by atoms with Crippen LogP contribution < -0.4 is 10.2 Å². The molecular weight excluding hydrogens is 420 g/mol. The molecule has 3 aromatic carbocycles. The molecule has 1 aromatic heterocycles. The fourth-order valence-corrected chi connectivity index (χ4v) is 4.87. The van der Waals surface area contributed by atoms with Crippen molar-refractivity contribution in [2.24, 2.45) is 0 Å². The molecule has 1 saturated heterocycles. The van der Waals surface area contributed by atoms with Gasteiger partial charge in [0.05, 0.1) is 10.2 Å². The summed E-state index contributed by atoms with van der Waals surface area (Å²) in [5.74, 6) is -0.212. The first-order valence-electron chi connectivity index (χ1n) is 10.5. The Labute approximate surface area is 190 Å². The Balaban J connectivity index is 1.22. The van der Waals surface area contributed by atoms with E-state index >= 15 is 0 Å². The van der Waals surface area contributed by atoms with Gasteiger partial charge in [-0.15, -0.1) is 11.3 Å². The van der Waals surface area contributed by atoms with Crippen LogP contribution in [0.3, 0.4) is 0 Å². The molecule has 1 aliphatic heterocycles. The minimum Gasteiger partial charge on any atom is -0.325 e. The Kier molecular flexibility index (Phi) is 5.33. The van der Waals surface area contributed by atoms with Gasteiger partial charge in [0.2, 0.25) is 5.91 Å². The molecule has 6 nitrogen and oxygen atoms in total. The lowest BCUT2D eigenvalue weighted by molar-refractivity contribution is -0.116. The zero-order chi connectivity index (χ0) is 22.1. The number of nitrogens with one attached hydrogen (secondary N) is 1. The Morgan fingerprint density at radius 3 is 2.59 bits per heavy atom. The first-order valence-corrected chi connectivity index (χ1v) is 11.3. The molecule has 1 aliphatic rings. The monoisotopic (exact) mass is 442 g/mol. The van der Waals surface area contributed by atoms with Crippen molar-refractivity contribution >= 4 is 44.9 Å². The van der Waals surface area contributed by atoms with Crippen molar-refractivity contribution in [2.45, 2.75) is 6.92 Å². The zero-order valence-electron chi connectivity index (χ0n) is 17.6. The second kappa shape index (κ2) is 8.43. The lowest BCUT2D eigenvalue weighted by atomic mass is 10.2. The van der Waals surface area contributed by atoms with E-state index in [1.54, 1.807) is 21.1 Å². The number of benzene rings is 3. The van der Waals surface area contributed by atoms with Crippen LogP contribution in [0, 0.1) is 6.92 Å². The van der Waals surface area contributed by atoms with Crippen LogP contribution in [0.25, 0.3) is 20.8 Å². The number of thiazole rings is 1. The molecule has 1 N–H and O–H groups in total. The quantitative estimate of drug-likeness (QED) is 0.465. The molecule has 0 aliphatic carbocycles. The molecule has 1 fully saturated rings. The number of amides is 3. The SMILES string of the molecule is Cc1ccc2nc(-c3ccc(NC(=O)CN4CCN(c5ccccc5)C4=O)cc3)sc2c1. The number of para-hydroxylation sites is 1. The normalized spacial score (nSPS) is 13.7. The maximum Gasteiger partial charge on any atom is 0.325 e. The highest BCUT2D eigenvalue weighted by molar-refractivity contribution is 7.21. The summed E-state index contributed by atoms with van der Waals surface area (Å²) in [5, 5.41) is 3.84. The summed E-state index contributed by atoms with van der Waals surface area (Å²) in [5.41, 5.74) is 4.76. The van der Waals surface area contributed by atoms with Crippen molar-refractivity contribution in [1.29, 1.82) is 0 Å². The zero-order valence-corrected chi connectivity index (χ0v) is 18.4. The number of hydrogen-bond acceptors (Lipinski definition) is 4. The summed E-state index contributed by atoms with van der Waals surface area (Å²) in [7, 11) is 0. The lowest BCUT2D eigenvalue weighted by Gasteiger charge is -2.18. The molecule has 0 spiro atoms. The van der Waals surface area contributed by atoms with Crippen LogP contribution in [0.15, 0.2) is 72.8 Å². The number of anilines is 2. The third kappa shape index (κ3) is 4.07. The Bertz CT molecular complexity index is 1280. The number of fused-ring (bicyclic) bond motifs is 1. The van der Waals surface area contributed by atoms with Crippen LogP contribution in [0.5, 0.6) is 0 Å². The largest absolute Gasteiger partial charge is 0.325 e. The lowest BCUT2D eigenvalue weighted by Crippen LogP contribution is -2.37. The van der Waals surface area contributed by atoms with Crippen LogP contribution in [0.4, 0.5) is 16.2 Å². The van der Waals surface area contributed by atoms with Gasteiger partial charge < -0.3 is 10.2 Å². The van der Waals surface area contributed by atoms with Gasteiger partial charge in [-0.25, -0.2) is 9.78 Å². The number of nitrogens with zero attached hydrogens (tertiary/aromatic N) is 3. The topological polar surface area (TPSA) is 65.5 Å². The molecule has 3 amide bonds. The van der Waals surface area contributed by atoms with Crippen LogP contribution in [-0.4, -0.2) is 41.5 Å². The van der Waals surface area contributed by atoms with Crippen LogP contribution >= 0.6 is 11.3 Å². The van der Waals surface area contributed by atoms with E-state index in [2.05, 4.69) is 24.4 Å². The fourth-order valence-electron chi connectivity index (χ4n) is 3.80. The highest BCUT2D eigenvalue weighted by atomic mass is 32.1. The smallest absolute Gasteiger partial charge is 0.325 e. The number of aryl methyl sites for hydroxylation is 1. The van der Waals surface area contributed by atoms with Crippen molar-refractivity contribution in [1.82, 2.24) is 9.88 Å². The van der Waals surface area contributed by atoms with Crippen molar-refractivity contribution in [2.75, 3.05) is 29.9 Å². The standard InChI is InChI=1S/C25H22N4O2S/c1-17-7-12-21-22(15-17)32-24(27-21)18-8-10-19(11-9-18)26-23(30)16-28-13-14-29(25(28)31)20-5-3-2-4-6-20/h2-12,15H,13-14,16H2,1H3,(H,26,30). The van der Waals surface area contributed by atoms with Crippen LogP contribution in [0.2, 0.25) is 0 Å². The van der Waals surface area contributed by atoms with Gasteiger partial charge in [-0.2, -0.15) is 0 Å².